The zero-order valence-corrected chi connectivity index (χ0v) is 27.7. The van der Waals surface area contributed by atoms with Crippen LogP contribution in [0.3, 0.4) is 0 Å². The number of hydrogen-bond donors (Lipinski definition) is 3. The van der Waals surface area contributed by atoms with Crippen molar-refractivity contribution in [3.8, 4) is 0 Å². The third-order valence-electron chi connectivity index (χ3n) is 8.48. The van der Waals surface area contributed by atoms with Crippen molar-refractivity contribution in [3.05, 3.63) is 78.4 Å². The Morgan fingerprint density at radius 3 is 2.31 bits per heavy atom. The summed E-state index contributed by atoms with van der Waals surface area (Å²) in [6.45, 7) is 8.45. The van der Waals surface area contributed by atoms with Gasteiger partial charge in [-0.25, -0.2) is 13.4 Å². The molecule has 1 aliphatic heterocycles. The van der Waals surface area contributed by atoms with E-state index in [0.717, 1.165) is 29.2 Å². The number of hydrogen-bond acceptors (Lipinski definition) is 6. The molecule has 4 rings (SSSR count). The second-order valence-corrected chi connectivity index (χ2v) is 14.6. The fourth-order valence-electron chi connectivity index (χ4n) is 5.72. The summed E-state index contributed by atoms with van der Waals surface area (Å²) in [5.41, 5.74) is 3.70. The maximum absolute atomic E-state index is 14.1. The molecular formula is C35H48N4O5S. The van der Waals surface area contributed by atoms with Crippen molar-refractivity contribution in [1.82, 2.24) is 20.1 Å². The number of nitrogens with one attached hydrogen (secondary N) is 2. The van der Waals surface area contributed by atoms with E-state index in [1.165, 1.54) is 9.31 Å². The number of sulfonamides is 1. The lowest BCUT2D eigenvalue weighted by Gasteiger charge is -2.38. The lowest BCUT2D eigenvalue weighted by molar-refractivity contribution is -0.149. The Labute approximate surface area is 268 Å². The van der Waals surface area contributed by atoms with Crippen LogP contribution < -0.4 is 10.7 Å². The molecule has 1 unspecified atom stereocenters. The van der Waals surface area contributed by atoms with Crippen molar-refractivity contribution < 1.29 is 23.1 Å². The van der Waals surface area contributed by atoms with Crippen LogP contribution in [0.25, 0.3) is 10.8 Å². The lowest BCUT2D eigenvalue weighted by Crippen LogP contribution is -2.61. The first-order chi connectivity index (χ1) is 21.5. The van der Waals surface area contributed by atoms with Crippen LogP contribution in [0.15, 0.2) is 77.7 Å². The topological polar surface area (TPSA) is 119 Å². The van der Waals surface area contributed by atoms with Gasteiger partial charge in [0.05, 0.1) is 23.1 Å². The van der Waals surface area contributed by atoms with Crippen molar-refractivity contribution in [1.29, 1.82) is 0 Å². The van der Waals surface area contributed by atoms with Gasteiger partial charge in [0, 0.05) is 19.5 Å². The van der Waals surface area contributed by atoms with Gasteiger partial charge in [-0.2, -0.15) is 4.31 Å². The Morgan fingerprint density at radius 1 is 0.978 bits per heavy atom. The fourth-order valence-corrected chi connectivity index (χ4v) is 7.37. The molecule has 2 amide bonds. The van der Waals surface area contributed by atoms with Crippen LogP contribution in [-0.4, -0.2) is 72.5 Å². The molecule has 45 heavy (non-hydrogen) atoms. The maximum atomic E-state index is 14.1. The minimum atomic E-state index is -4.02. The Hall–Kier alpha value is -3.31. The van der Waals surface area contributed by atoms with Crippen molar-refractivity contribution in [2.75, 3.05) is 19.6 Å². The molecule has 1 aliphatic rings. The Morgan fingerprint density at radius 2 is 1.67 bits per heavy atom. The third-order valence-corrected chi connectivity index (χ3v) is 10.3. The van der Waals surface area contributed by atoms with E-state index in [1.54, 1.807) is 18.2 Å². The molecule has 3 aromatic carbocycles. The number of aliphatic hydroxyl groups is 1. The molecule has 3 N–H and O–H groups in total. The minimum absolute atomic E-state index is 0.0312. The predicted octanol–water partition coefficient (Wildman–Crippen LogP) is 4.51. The molecule has 3 aromatic rings. The molecule has 0 aliphatic carbocycles. The molecule has 4 atom stereocenters. The number of amides is 2. The zero-order valence-electron chi connectivity index (χ0n) is 26.9. The van der Waals surface area contributed by atoms with Crippen LogP contribution in [0.1, 0.15) is 58.9 Å². The van der Waals surface area contributed by atoms with Gasteiger partial charge in [0.1, 0.15) is 0 Å². The predicted molar refractivity (Wildman–Crippen MR) is 178 cm³/mol. The summed E-state index contributed by atoms with van der Waals surface area (Å²) in [7, 11) is -4.02. The molecule has 1 saturated heterocycles. The Kier molecular flexibility index (Phi) is 12.1. The van der Waals surface area contributed by atoms with E-state index in [2.05, 4.69) is 10.7 Å². The highest BCUT2D eigenvalue weighted by atomic mass is 32.2. The molecule has 9 nitrogen and oxygen atoms in total. The van der Waals surface area contributed by atoms with E-state index in [4.69, 9.17) is 0 Å². The number of hydrazine groups is 1. The summed E-state index contributed by atoms with van der Waals surface area (Å²) >= 11 is 0. The van der Waals surface area contributed by atoms with Crippen LogP contribution in [0, 0.1) is 11.8 Å². The normalized spacial score (nSPS) is 17.4. The molecular weight excluding hydrogens is 588 g/mol. The molecule has 244 valence electrons. The van der Waals surface area contributed by atoms with E-state index < -0.39 is 28.2 Å². The van der Waals surface area contributed by atoms with Crippen molar-refractivity contribution >= 4 is 32.6 Å². The zero-order chi connectivity index (χ0) is 32.6. The van der Waals surface area contributed by atoms with Gasteiger partial charge in [-0.05, 0) is 66.1 Å². The molecule has 0 aromatic heterocycles. The summed E-state index contributed by atoms with van der Waals surface area (Å²) in [5, 5.41) is 18.1. The summed E-state index contributed by atoms with van der Waals surface area (Å²) in [4.78, 5) is 27.3. The molecule has 1 heterocycles. The van der Waals surface area contributed by atoms with Crippen molar-refractivity contribution in [3.63, 3.8) is 0 Å². The average molecular weight is 637 g/mol. The first-order valence-corrected chi connectivity index (χ1v) is 17.5. The van der Waals surface area contributed by atoms with Crippen LogP contribution >= 0.6 is 0 Å². The van der Waals surface area contributed by atoms with Gasteiger partial charge >= 0.3 is 0 Å². The SMILES string of the molecule is CC[C@H](C)CC(=O)N(NC(=O)C1CCCN1)[C@@H](Cc1ccccc1)[C@H](O)CN(CC(C)C)S(=O)(=O)c1ccc2ccccc2c1. The fraction of sp³-hybridized carbons (Fsp3) is 0.486. The van der Waals surface area contributed by atoms with E-state index >= 15 is 0 Å². The highest BCUT2D eigenvalue weighted by Gasteiger charge is 2.37. The molecule has 1 fully saturated rings. The summed E-state index contributed by atoms with van der Waals surface area (Å²) in [6, 6.07) is 20.7. The summed E-state index contributed by atoms with van der Waals surface area (Å²) < 4.78 is 29.6. The van der Waals surface area contributed by atoms with Gasteiger partial charge in [0.2, 0.25) is 15.9 Å². The standard InChI is InChI=1S/C35H48N4O5S/c1-5-26(4)20-34(41)39(37-35(42)31-16-11-19-36-31)32(21-27-12-7-6-8-13-27)33(40)24-38(23-25(2)3)45(43,44)30-18-17-28-14-9-10-15-29(28)22-30/h6-10,12-15,17-18,22,25-26,31-33,36,40H,5,11,16,19-21,23-24H2,1-4H3,(H,37,42)/t26-,31?,32-,33+/m0/s1. The van der Waals surface area contributed by atoms with E-state index in [9.17, 15) is 23.1 Å². The van der Waals surface area contributed by atoms with Gasteiger partial charge in [-0.1, -0.05) is 94.8 Å². The largest absolute Gasteiger partial charge is 0.390 e. The highest BCUT2D eigenvalue weighted by molar-refractivity contribution is 7.89. The summed E-state index contributed by atoms with van der Waals surface area (Å²) in [6.07, 6.45) is 1.37. The minimum Gasteiger partial charge on any atom is -0.390 e. The van der Waals surface area contributed by atoms with Gasteiger partial charge < -0.3 is 10.4 Å². The monoisotopic (exact) mass is 636 g/mol. The second-order valence-electron chi connectivity index (χ2n) is 12.7. The van der Waals surface area contributed by atoms with Crippen LogP contribution in [0.5, 0.6) is 0 Å². The average Bonchev–Trinajstić information content (AvgIpc) is 3.57. The molecule has 0 bridgehead atoms. The van der Waals surface area contributed by atoms with Gasteiger partial charge in [0.25, 0.3) is 5.91 Å². The Balaban J connectivity index is 1.70. The van der Waals surface area contributed by atoms with Crippen molar-refractivity contribution in [2.24, 2.45) is 11.8 Å². The quantitative estimate of drug-likeness (QED) is 0.224. The number of nitrogens with zero attached hydrogens (tertiary/aromatic N) is 2. The first kappa shape index (κ1) is 34.6. The van der Waals surface area contributed by atoms with E-state index in [0.29, 0.717) is 13.0 Å². The smallest absolute Gasteiger partial charge is 0.255 e. The summed E-state index contributed by atoms with van der Waals surface area (Å²) in [5.74, 6) is -0.625. The van der Waals surface area contributed by atoms with Gasteiger partial charge in [-0.15, -0.1) is 0 Å². The van der Waals surface area contributed by atoms with Gasteiger partial charge in [-0.3, -0.25) is 15.0 Å². The second kappa shape index (κ2) is 15.8. The molecule has 10 heteroatoms. The number of carbonyl (C=O) groups is 2. The molecule has 0 saturated carbocycles. The van der Waals surface area contributed by atoms with E-state index in [-0.39, 0.29) is 54.5 Å². The Bertz CT molecular complexity index is 1530. The number of benzene rings is 3. The maximum Gasteiger partial charge on any atom is 0.255 e. The molecule has 0 radical (unpaired) electrons. The highest BCUT2D eigenvalue weighted by Crippen LogP contribution is 2.25. The molecule has 0 spiro atoms. The number of fused-ring (bicyclic) bond motifs is 1. The number of carbonyl (C=O) groups excluding carboxylic acids is 2. The lowest BCUT2D eigenvalue weighted by atomic mass is 9.98. The van der Waals surface area contributed by atoms with Crippen LogP contribution in [0.2, 0.25) is 0 Å². The first-order valence-electron chi connectivity index (χ1n) is 16.1. The van der Waals surface area contributed by atoms with Crippen molar-refractivity contribution in [2.45, 2.75) is 82.9 Å². The van der Waals surface area contributed by atoms with Crippen LogP contribution in [0.4, 0.5) is 0 Å². The number of aliphatic hydroxyl groups excluding tert-OH is 1. The van der Waals surface area contributed by atoms with Crippen LogP contribution in [-0.2, 0) is 26.0 Å². The van der Waals surface area contributed by atoms with Gasteiger partial charge in [0.15, 0.2) is 0 Å². The number of rotatable bonds is 14. The van der Waals surface area contributed by atoms with E-state index in [1.807, 2.05) is 82.3 Å². The third kappa shape index (κ3) is 9.13.